The van der Waals surface area contributed by atoms with E-state index in [0.717, 1.165) is 32.1 Å². The molecule has 0 fully saturated rings. The fraction of sp³-hybridized carbons (Fsp3) is 0.667. The number of furan rings is 1. The second-order valence-electron chi connectivity index (χ2n) is 3.58. The predicted molar refractivity (Wildman–Crippen MR) is 60.8 cm³/mol. The largest absolute Gasteiger partial charge is 0.468 e. The molecule has 0 bridgehead atoms. The van der Waals surface area contributed by atoms with Gasteiger partial charge in [-0.2, -0.15) is 0 Å². The molecule has 0 aromatic carbocycles. The molecular formula is C12H21NO2. The van der Waals surface area contributed by atoms with Crippen LogP contribution in [-0.4, -0.2) is 19.8 Å². The number of ether oxygens (including phenoxy) is 1. The number of nitrogens with one attached hydrogen (secondary N) is 1. The van der Waals surface area contributed by atoms with Crippen LogP contribution in [0.4, 0.5) is 0 Å². The van der Waals surface area contributed by atoms with Crippen molar-refractivity contribution in [3.8, 4) is 0 Å². The second kappa shape index (κ2) is 8.50. The second-order valence-corrected chi connectivity index (χ2v) is 3.58. The lowest BCUT2D eigenvalue weighted by atomic mass is 10.3. The predicted octanol–water partition coefficient (Wildman–Crippen LogP) is 2.58. The van der Waals surface area contributed by atoms with Gasteiger partial charge in [-0.1, -0.05) is 19.8 Å². The maximum atomic E-state index is 5.46. The first-order valence-corrected chi connectivity index (χ1v) is 5.74. The average Bonchev–Trinajstić information content (AvgIpc) is 2.75. The van der Waals surface area contributed by atoms with E-state index in [1.807, 2.05) is 12.1 Å². The highest BCUT2D eigenvalue weighted by Crippen LogP contribution is 1.98. The van der Waals surface area contributed by atoms with E-state index in [2.05, 4.69) is 12.2 Å². The van der Waals surface area contributed by atoms with Gasteiger partial charge >= 0.3 is 0 Å². The van der Waals surface area contributed by atoms with Crippen LogP contribution in [0.3, 0.4) is 0 Å². The van der Waals surface area contributed by atoms with Crippen LogP contribution in [0.15, 0.2) is 22.8 Å². The zero-order chi connectivity index (χ0) is 10.8. The van der Waals surface area contributed by atoms with Crippen molar-refractivity contribution < 1.29 is 9.15 Å². The molecule has 0 radical (unpaired) electrons. The molecule has 1 heterocycles. The van der Waals surface area contributed by atoms with Gasteiger partial charge in [0.25, 0.3) is 0 Å². The molecule has 0 saturated carbocycles. The van der Waals surface area contributed by atoms with Gasteiger partial charge in [0.05, 0.1) is 19.4 Å². The number of unbranched alkanes of at least 4 members (excludes halogenated alkanes) is 2. The van der Waals surface area contributed by atoms with E-state index in [-0.39, 0.29) is 0 Å². The van der Waals surface area contributed by atoms with Gasteiger partial charge in [0.15, 0.2) is 0 Å². The first kappa shape index (κ1) is 12.3. The molecule has 0 amide bonds. The van der Waals surface area contributed by atoms with Crippen LogP contribution < -0.4 is 5.32 Å². The molecule has 0 aliphatic carbocycles. The van der Waals surface area contributed by atoms with Crippen molar-refractivity contribution in [3.63, 3.8) is 0 Å². The summed E-state index contributed by atoms with van der Waals surface area (Å²) >= 11 is 0. The van der Waals surface area contributed by atoms with Gasteiger partial charge in [0, 0.05) is 13.2 Å². The van der Waals surface area contributed by atoms with Gasteiger partial charge < -0.3 is 14.5 Å². The monoisotopic (exact) mass is 211 g/mol. The number of hydrogen-bond acceptors (Lipinski definition) is 3. The van der Waals surface area contributed by atoms with Gasteiger partial charge in [0.2, 0.25) is 0 Å². The van der Waals surface area contributed by atoms with Crippen molar-refractivity contribution in [3.05, 3.63) is 24.2 Å². The number of rotatable bonds is 9. The summed E-state index contributed by atoms with van der Waals surface area (Å²) in [6.07, 6.45) is 5.38. The lowest BCUT2D eigenvalue weighted by molar-refractivity contribution is 0.131. The van der Waals surface area contributed by atoms with E-state index < -0.39 is 0 Å². The summed E-state index contributed by atoms with van der Waals surface area (Å²) in [5, 5.41) is 3.26. The lowest BCUT2D eigenvalue weighted by Gasteiger charge is -2.04. The van der Waals surface area contributed by atoms with Gasteiger partial charge in [0.1, 0.15) is 5.76 Å². The van der Waals surface area contributed by atoms with E-state index in [0.29, 0.717) is 0 Å². The van der Waals surface area contributed by atoms with Crippen LogP contribution >= 0.6 is 0 Å². The molecule has 0 aliphatic heterocycles. The topological polar surface area (TPSA) is 34.4 Å². The Morgan fingerprint density at radius 1 is 1.33 bits per heavy atom. The highest BCUT2D eigenvalue weighted by Gasteiger charge is 1.94. The van der Waals surface area contributed by atoms with Crippen LogP contribution in [0.5, 0.6) is 0 Å². The Labute approximate surface area is 91.8 Å². The van der Waals surface area contributed by atoms with Gasteiger partial charge in [-0.3, -0.25) is 0 Å². The Morgan fingerprint density at radius 3 is 3.00 bits per heavy atom. The normalized spacial score (nSPS) is 10.7. The summed E-state index contributed by atoms with van der Waals surface area (Å²) in [4.78, 5) is 0. The molecule has 15 heavy (non-hydrogen) atoms. The fourth-order valence-electron chi connectivity index (χ4n) is 1.33. The van der Waals surface area contributed by atoms with Crippen LogP contribution in [-0.2, 0) is 11.3 Å². The van der Waals surface area contributed by atoms with E-state index >= 15 is 0 Å². The van der Waals surface area contributed by atoms with E-state index in [1.54, 1.807) is 6.26 Å². The van der Waals surface area contributed by atoms with Crippen molar-refractivity contribution >= 4 is 0 Å². The Bertz CT molecular complexity index is 222. The van der Waals surface area contributed by atoms with Crippen molar-refractivity contribution in [1.82, 2.24) is 5.32 Å². The fourth-order valence-corrected chi connectivity index (χ4v) is 1.33. The summed E-state index contributed by atoms with van der Waals surface area (Å²) in [5.41, 5.74) is 0. The summed E-state index contributed by atoms with van der Waals surface area (Å²) in [6.45, 7) is 5.53. The molecule has 1 N–H and O–H groups in total. The van der Waals surface area contributed by atoms with E-state index in [1.165, 1.54) is 19.3 Å². The summed E-state index contributed by atoms with van der Waals surface area (Å²) < 4.78 is 10.7. The zero-order valence-electron chi connectivity index (χ0n) is 9.50. The van der Waals surface area contributed by atoms with Crippen LogP contribution in [0.25, 0.3) is 0 Å². The molecule has 1 aromatic rings. The average molecular weight is 211 g/mol. The number of hydrogen-bond donors (Lipinski definition) is 1. The third kappa shape index (κ3) is 6.31. The molecule has 0 spiro atoms. The minimum absolute atomic E-state index is 0.782. The summed E-state index contributed by atoms with van der Waals surface area (Å²) in [5.74, 6) is 0.973. The maximum absolute atomic E-state index is 5.46. The summed E-state index contributed by atoms with van der Waals surface area (Å²) in [6, 6.07) is 3.87. The Morgan fingerprint density at radius 2 is 2.27 bits per heavy atom. The van der Waals surface area contributed by atoms with E-state index in [4.69, 9.17) is 9.15 Å². The van der Waals surface area contributed by atoms with Crippen molar-refractivity contribution in [2.75, 3.05) is 19.8 Å². The molecule has 0 atom stereocenters. The third-order valence-corrected chi connectivity index (χ3v) is 2.19. The Kier molecular flexibility index (Phi) is 6.96. The standard InChI is InChI=1S/C12H21NO2/c1-2-3-4-8-14-10-7-13-11-12-6-5-9-15-12/h5-6,9,13H,2-4,7-8,10-11H2,1H3. The highest BCUT2D eigenvalue weighted by molar-refractivity contribution is 4.97. The van der Waals surface area contributed by atoms with Crippen molar-refractivity contribution in [1.29, 1.82) is 0 Å². The highest BCUT2D eigenvalue weighted by atomic mass is 16.5. The van der Waals surface area contributed by atoms with Crippen molar-refractivity contribution in [2.45, 2.75) is 32.7 Å². The molecule has 0 unspecified atom stereocenters. The maximum Gasteiger partial charge on any atom is 0.117 e. The summed E-state index contributed by atoms with van der Waals surface area (Å²) in [7, 11) is 0. The van der Waals surface area contributed by atoms with Crippen LogP contribution in [0, 0.1) is 0 Å². The van der Waals surface area contributed by atoms with Gasteiger partial charge in [-0.25, -0.2) is 0 Å². The zero-order valence-corrected chi connectivity index (χ0v) is 9.50. The van der Waals surface area contributed by atoms with Crippen molar-refractivity contribution in [2.24, 2.45) is 0 Å². The third-order valence-electron chi connectivity index (χ3n) is 2.19. The molecule has 0 saturated heterocycles. The molecule has 86 valence electrons. The Balaban J connectivity index is 1.81. The molecule has 3 nitrogen and oxygen atoms in total. The first-order valence-electron chi connectivity index (χ1n) is 5.74. The molecular weight excluding hydrogens is 190 g/mol. The minimum atomic E-state index is 0.782. The first-order chi connectivity index (χ1) is 7.43. The molecule has 1 rings (SSSR count). The Hall–Kier alpha value is -0.800. The van der Waals surface area contributed by atoms with Crippen LogP contribution in [0.2, 0.25) is 0 Å². The lowest BCUT2D eigenvalue weighted by Crippen LogP contribution is -2.19. The quantitative estimate of drug-likeness (QED) is 0.637. The molecule has 0 aliphatic rings. The van der Waals surface area contributed by atoms with Gasteiger partial charge in [-0.15, -0.1) is 0 Å². The van der Waals surface area contributed by atoms with E-state index in [9.17, 15) is 0 Å². The SMILES string of the molecule is CCCCCOCCNCc1ccco1. The minimum Gasteiger partial charge on any atom is -0.468 e. The van der Waals surface area contributed by atoms with Gasteiger partial charge in [-0.05, 0) is 18.6 Å². The molecule has 1 aromatic heterocycles. The smallest absolute Gasteiger partial charge is 0.117 e. The van der Waals surface area contributed by atoms with Crippen LogP contribution in [0.1, 0.15) is 31.9 Å². The molecule has 3 heteroatoms.